The van der Waals surface area contributed by atoms with Gasteiger partial charge in [0.1, 0.15) is 0 Å². The minimum absolute atomic E-state index is 0.517. The molecule has 7 heteroatoms. The van der Waals surface area contributed by atoms with Gasteiger partial charge in [0.25, 0.3) is 0 Å². The standard InChI is InChI=1S/C13H23NO6/c1-3-14(2)8-6-4-5-7-9-19-10(12(15)16)11(20-9)13(17)18/h9-11H,3-8H2,1-2H3,(H,15,16)(H,17,18). The van der Waals surface area contributed by atoms with Crippen molar-refractivity contribution < 1.29 is 29.3 Å². The van der Waals surface area contributed by atoms with Crippen LogP contribution in [0.3, 0.4) is 0 Å². The largest absolute Gasteiger partial charge is 0.479 e. The average molecular weight is 289 g/mol. The number of ether oxygens (including phenoxy) is 2. The second kappa shape index (κ2) is 8.18. The van der Waals surface area contributed by atoms with E-state index in [2.05, 4.69) is 18.9 Å². The molecule has 0 aromatic heterocycles. The zero-order chi connectivity index (χ0) is 15.1. The third kappa shape index (κ3) is 5.07. The lowest BCUT2D eigenvalue weighted by atomic mass is 10.2. The second-order valence-corrected chi connectivity index (χ2v) is 4.96. The van der Waals surface area contributed by atoms with E-state index in [-0.39, 0.29) is 0 Å². The van der Waals surface area contributed by atoms with Gasteiger partial charge in [0, 0.05) is 0 Å². The van der Waals surface area contributed by atoms with E-state index in [0.717, 1.165) is 32.4 Å². The molecule has 1 rings (SSSR count). The molecule has 1 aliphatic rings. The van der Waals surface area contributed by atoms with Crippen LogP contribution in [0.15, 0.2) is 0 Å². The van der Waals surface area contributed by atoms with Gasteiger partial charge in [-0.2, -0.15) is 0 Å². The third-order valence-electron chi connectivity index (χ3n) is 3.38. The summed E-state index contributed by atoms with van der Waals surface area (Å²) in [4.78, 5) is 24.0. The van der Waals surface area contributed by atoms with Crippen LogP contribution >= 0.6 is 0 Å². The van der Waals surface area contributed by atoms with Gasteiger partial charge in [0.15, 0.2) is 18.5 Å². The minimum Gasteiger partial charge on any atom is -0.479 e. The Kier molecular flexibility index (Phi) is 6.90. The number of rotatable bonds is 9. The second-order valence-electron chi connectivity index (χ2n) is 4.96. The SMILES string of the molecule is CCN(C)CCCCCC1OC(C(=O)O)C(C(=O)O)O1. The van der Waals surface area contributed by atoms with Crippen molar-refractivity contribution in [3.05, 3.63) is 0 Å². The normalized spacial score (nSPS) is 26.1. The van der Waals surface area contributed by atoms with Crippen molar-refractivity contribution >= 4 is 11.9 Å². The van der Waals surface area contributed by atoms with Gasteiger partial charge >= 0.3 is 11.9 Å². The van der Waals surface area contributed by atoms with E-state index in [9.17, 15) is 9.59 Å². The van der Waals surface area contributed by atoms with Gasteiger partial charge in [-0.3, -0.25) is 0 Å². The average Bonchev–Trinajstić information content (AvgIpc) is 2.82. The zero-order valence-electron chi connectivity index (χ0n) is 11.9. The van der Waals surface area contributed by atoms with Gasteiger partial charge in [0.2, 0.25) is 0 Å². The molecule has 116 valence electrons. The van der Waals surface area contributed by atoms with E-state index in [0.29, 0.717) is 6.42 Å². The monoisotopic (exact) mass is 289 g/mol. The molecule has 20 heavy (non-hydrogen) atoms. The van der Waals surface area contributed by atoms with Crippen LogP contribution in [0.2, 0.25) is 0 Å². The van der Waals surface area contributed by atoms with Crippen molar-refractivity contribution in [1.29, 1.82) is 0 Å². The fourth-order valence-corrected chi connectivity index (χ4v) is 2.04. The van der Waals surface area contributed by atoms with Crippen molar-refractivity contribution in [1.82, 2.24) is 4.90 Å². The number of carboxylic acid groups (broad SMARTS) is 2. The third-order valence-corrected chi connectivity index (χ3v) is 3.38. The summed E-state index contributed by atoms with van der Waals surface area (Å²) >= 11 is 0. The summed E-state index contributed by atoms with van der Waals surface area (Å²) in [5, 5.41) is 17.7. The number of carbonyl (C=O) groups is 2. The summed E-state index contributed by atoms with van der Waals surface area (Å²) in [7, 11) is 2.05. The molecule has 1 heterocycles. The number of hydrogen-bond acceptors (Lipinski definition) is 5. The summed E-state index contributed by atoms with van der Waals surface area (Å²) < 4.78 is 10.3. The van der Waals surface area contributed by atoms with Crippen LogP contribution in [0.5, 0.6) is 0 Å². The van der Waals surface area contributed by atoms with Crippen LogP contribution in [0, 0.1) is 0 Å². The Morgan fingerprint density at radius 1 is 1.05 bits per heavy atom. The molecule has 2 atom stereocenters. The molecule has 0 aromatic rings. The van der Waals surface area contributed by atoms with E-state index in [1.54, 1.807) is 0 Å². The fraction of sp³-hybridized carbons (Fsp3) is 0.846. The molecule has 0 aromatic carbocycles. The number of nitrogens with zero attached hydrogens (tertiary/aromatic N) is 1. The Labute approximate surface area is 118 Å². The molecule has 0 bridgehead atoms. The van der Waals surface area contributed by atoms with Crippen LogP contribution in [0.4, 0.5) is 0 Å². The summed E-state index contributed by atoms with van der Waals surface area (Å²) in [6.45, 7) is 4.12. The van der Waals surface area contributed by atoms with Crippen molar-refractivity contribution in [2.45, 2.75) is 51.1 Å². The maximum Gasteiger partial charge on any atom is 0.336 e. The topological polar surface area (TPSA) is 96.3 Å². The first-order chi connectivity index (χ1) is 9.45. The molecular weight excluding hydrogens is 266 g/mol. The van der Waals surface area contributed by atoms with E-state index in [1.807, 2.05) is 0 Å². The van der Waals surface area contributed by atoms with Gasteiger partial charge in [-0.1, -0.05) is 13.3 Å². The number of carboxylic acids is 2. The molecule has 2 N–H and O–H groups in total. The zero-order valence-corrected chi connectivity index (χ0v) is 11.9. The number of unbranched alkanes of at least 4 members (excludes halogenated alkanes) is 2. The van der Waals surface area contributed by atoms with Gasteiger partial charge in [-0.25, -0.2) is 9.59 Å². The van der Waals surface area contributed by atoms with Gasteiger partial charge in [0.05, 0.1) is 0 Å². The highest BCUT2D eigenvalue weighted by molar-refractivity contribution is 5.84. The van der Waals surface area contributed by atoms with Crippen LogP contribution in [-0.2, 0) is 19.1 Å². The van der Waals surface area contributed by atoms with E-state index < -0.39 is 30.4 Å². The Bertz CT molecular complexity index is 313. The van der Waals surface area contributed by atoms with E-state index >= 15 is 0 Å². The summed E-state index contributed by atoms with van der Waals surface area (Å²) in [6.07, 6.45) is -0.205. The van der Waals surface area contributed by atoms with Gasteiger partial charge in [-0.05, 0) is 39.4 Å². The molecule has 0 spiro atoms. The molecule has 0 aliphatic carbocycles. The summed E-state index contributed by atoms with van der Waals surface area (Å²) in [5.74, 6) is -2.60. The highest BCUT2D eigenvalue weighted by atomic mass is 16.7. The molecular formula is C13H23NO6. The minimum atomic E-state index is -1.41. The summed E-state index contributed by atoms with van der Waals surface area (Å²) in [5.41, 5.74) is 0. The lowest BCUT2D eigenvalue weighted by Crippen LogP contribution is -2.36. The molecule has 1 saturated heterocycles. The van der Waals surface area contributed by atoms with Crippen molar-refractivity contribution in [2.24, 2.45) is 0 Å². The van der Waals surface area contributed by atoms with Gasteiger partial charge < -0.3 is 24.6 Å². The van der Waals surface area contributed by atoms with E-state index in [1.165, 1.54) is 0 Å². The van der Waals surface area contributed by atoms with Crippen molar-refractivity contribution in [3.63, 3.8) is 0 Å². The maximum absolute atomic E-state index is 10.9. The van der Waals surface area contributed by atoms with E-state index in [4.69, 9.17) is 19.7 Å². The Morgan fingerprint density at radius 3 is 2.05 bits per heavy atom. The van der Waals surface area contributed by atoms with Gasteiger partial charge in [-0.15, -0.1) is 0 Å². The maximum atomic E-state index is 10.9. The van der Waals surface area contributed by atoms with Crippen LogP contribution < -0.4 is 0 Å². The predicted octanol–water partition coefficient (Wildman–Crippen LogP) is 0.778. The molecule has 0 radical (unpaired) electrons. The number of aliphatic carboxylic acids is 2. The molecule has 7 nitrogen and oxygen atoms in total. The smallest absolute Gasteiger partial charge is 0.336 e. The summed E-state index contributed by atoms with van der Waals surface area (Å²) in [6, 6.07) is 0. The lowest BCUT2D eigenvalue weighted by Gasteiger charge is -2.13. The first kappa shape index (κ1) is 16.9. The van der Waals surface area contributed by atoms with Crippen molar-refractivity contribution in [2.75, 3.05) is 20.1 Å². The quantitative estimate of drug-likeness (QED) is 0.605. The molecule has 2 unspecified atom stereocenters. The highest BCUT2D eigenvalue weighted by Crippen LogP contribution is 2.23. The molecule has 1 aliphatic heterocycles. The number of hydrogen-bond donors (Lipinski definition) is 2. The lowest BCUT2D eigenvalue weighted by molar-refractivity contribution is -0.156. The molecule has 0 saturated carbocycles. The molecule has 1 fully saturated rings. The Morgan fingerprint density at radius 2 is 1.60 bits per heavy atom. The highest BCUT2D eigenvalue weighted by Gasteiger charge is 2.45. The first-order valence-corrected chi connectivity index (χ1v) is 6.90. The van der Waals surface area contributed by atoms with Crippen LogP contribution in [0.1, 0.15) is 32.6 Å². The molecule has 0 amide bonds. The van der Waals surface area contributed by atoms with Crippen LogP contribution in [-0.4, -0.2) is 65.7 Å². The Balaban J connectivity index is 2.25. The van der Waals surface area contributed by atoms with Crippen molar-refractivity contribution in [3.8, 4) is 0 Å². The fourth-order valence-electron chi connectivity index (χ4n) is 2.04. The predicted molar refractivity (Wildman–Crippen MR) is 70.4 cm³/mol. The van der Waals surface area contributed by atoms with Crippen LogP contribution in [0.25, 0.3) is 0 Å². The first-order valence-electron chi connectivity index (χ1n) is 6.90. The Hall–Kier alpha value is -1.18.